The summed E-state index contributed by atoms with van der Waals surface area (Å²) < 4.78 is 7.12. The average Bonchev–Trinajstić information content (AvgIpc) is 2.95. The molecule has 0 aliphatic heterocycles. The first-order chi connectivity index (χ1) is 12.1. The Kier molecular flexibility index (Phi) is 5.65. The summed E-state index contributed by atoms with van der Waals surface area (Å²) in [6.45, 7) is 9.34. The lowest BCUT2D eigenvalue weighted by Gasteiger charge is -2.18. The topological polar surface area (TPSA) is 81.4 Å². The number of ketones is 1. The molecule has 138 valence electrons. The summed E-state index contributed by atoms with van der Waals surface area (Å²) in [5.74, 6) is -0.734. The maximum atomic E-state index is 12.5. The number of carbonyl (C=O) groups excluding carboxylic acids is 1. The molecule has 2 rings (SSSR count). The van der Waals surface area contributed by atoms with E-state index in [9.17, 15) is 9.59 Å². The molecule has 6 nitrogen and oxygen atoms in total. The monoisotopic (exact) mass is 356 g/mol. The molecule has 0 saturated heterocycles. The molecular formula is C20H24N2O4. The van der Waals surface area contributed by atoms with E-state index in [4.69, 9.17) is 9.84 Å². The van der Waals surface area contributed by atoms with Crippen LogP contribution >= 0.6 is 0 Å². The number of carboxylic acid groups (broad SMARTS) is 1. The number of aliphatic carboxylic acids is 1. The molecule has 1 atom stereocenters. The Bertz CT molecular complexity index is 844. The van der Waals surface area contributed by atoms with Crippen LogP contribution in [-0.2, 0) is 10.3 Å². The highest BCUT2D eigenvalue weighted by Crippen LogP contribution is 2.19. The van der Waals surface area contributed by atoms with Crippen molar-refractivity contribution in [2.75, 3.05) is 0 Å². The van der Waals surface area contributed by atoms with Gasteiger partial charge in [0.1, 0.15) is 5.75 Å². The minimum atomic E-state index is -1.03. The second-order valence-corrected chi connectivity index (χ2v) is 7.11. The summed E-state index contributed by atoms with van der Waals surface area (Å²) in [6.07, 6.45) is 3.98. The fourth-order valence-corrected chi connectivity index (χ4v) is 2.25. The predicted molar refractivity (Wildman–Crippen MR) is 99.5 cm³/mol. The molecule has 1 aromatic carbocycles. The van der Waals surface area contributed by atoms with Gasteiger partial charge < -0.3 is 9.84 Å². The van der Waals surface area contributed by atoms with E-state index in [0.29, 0.717) is 17.0 Å². The average molecular weight is 356 g/mol. The molecule has 6 heteroatoms. The number of hydrogen-bond acceptors (Lipinski definition) is 4. The van der Waals surface area contributed by atoms with Gasteiger partial charge >= 0.3 is 5.97 Å². The van der Waals surface area contributed by atoms with Gasteiger partial charge in [-0.15, -0.1) is 0 Å². The molecule has 0 spiro atoms. The van der Waals surface area contributed by atoms with Crippen LogP contribution in [0.2, 0.25) is 0 Å². The van der Waals surface area contributed by atoms with Crippen molar-refractivity contribution < 1.29 is 19.4 Å². The molecule has 1 heterocycles. The first-order valence-electron chi connectivity index (χ1n) is 8.36. The summed E-state index contributed by atoms with van der Waals surface area (Å²) in [4.78, 5) is 23.4. The quantitative estimate of drug-likeness (QED) is 0.630. The number of hydrogen-bond donors (Lipinski definition) is 1. The standard InChI is InChI=1S/C20H24N2O4/c1-13-17(12-22(21-13)20(3,4)5)18(23)10-9-15-7-6-8-16(11-15)26-14(2)19(24)25/h6-12,14H,1-5H3,(H,24,25). The second-order valence-electron chi connectivity index (χ2n) is 7.11. The summed E-state index contributed by atoms with van der Waals surface area (Å²) in [5.41, 5.74) is 1.79. The number of nitrogens with zero attached hydrogens (tertiary/aromatic N) is 2. The van der Waals surface area contributed by atoms with E-state index in [0.717, 1.165) is 5.56 Å². The lowest BCUT2D eigenvalue weighted by atomic mass is 10.1. The first-order valence-corrected chi connectivity index (χ1v) is 8.36. The fourth-order valence-electron chi connectivity index (χ4n) is 2.25. The SMILES string of the molecule is Cc1nn(C(C)(C)C)cc1C(=O)C=Cc1cccc(OC(C)C(=O)O)c1. The number of carbonyl (C=O) groups is 2. The largest absolute Gasteiger partial charge is 0.479 e. The molecule has 1 unspecified atom stereocenters. The first kappa shape index (κ1) is 19.4. The molecule has 26 heavy (non-hydrogen) atoms. The van der Waals surface area contributed by atoms with Crippen molar-refractivity contribution >= 4 is 17.8 Å². The van der Waals surface area contributed by atoms with E-state index in [1.807, 2.05) is 33.8 Å². The Hall–Kier alpha value is -2.89. The number of benzene rings is 1. The third-order valence-electron chi connectivity index (χ3n) is 3.80. The van der Waals surface area contributed by atoms with Crippen LogP contribution in [0, 0.1) is 6.92 Å². The van der Waals surface area contributed by atoms with Crippen LogP contribution in [0.4, 0.5) is 0 Å². The molecule has 0 aliphatic rings. The van der Waals surface area contributed by atoms with E-state index in [1.165, 1.54) is 13.0 Å². The van der Waals surface area contributed by atoms with Gasteiger partial charge in [-0.25, -0.2) is 4.79 Å². The van der Waals surface area contributed by atoms with Crippen LogP contribution in [0.5, 0.6) is 5.75 Å². The normalized spacial score (nSPS) is 13.0. The van der Waals surface area contributed by atoms with Crippen molar-refractivity contribution in [2.24, 2.45) is 0 Å². The van der Waals surface area contributed by atoms with Gasteiger partial charge in [0, 0.05) is 6.20 Å². The highest BCUT2D eigenvalue weighted by Gasteiger charge is 2.18. The maximum Gasteiger partial charge on any atom is 0.344 e. The molecule has 1 aromatic heterocycles. The Balaban J connectivity index is 2.16. The van der Waals surface area contributed by atoms with E-state index < -0.39 is 12.1 Å². The molecule has 0 fully saturated rings. The lowest BCUT2D eigenvalue weighted by molar-refractivity contribution is -0.144. The Morgan fingerprint density at radius 2 is 2.00 bits per heavy atom. The summed E-state index contributed by atoms with van der Waals surface area (Å²) >= 11 is 0. The van der Waals surface area contributed by atoms with Gasteiger partial charge in [0.2, 0.25) is 0 Å². The predicted octanol–water partition coefficient (Wildman–Crippen LogP) is 3.69. The van der Waals surface area contributed by atoms with Crippen molar-refractivity contribution in [1.29, 1.82) is 0 Å². The minimum Gasteiger partial charge on any atom is -0.479 e. The van der Waals surface area contributed by atoms with Crippen LogP contribution in [-0.4, -0.2) is 32.7 Å². The molecule has 0 amide bonds. The molecule has 0 bridgehead atoms. The highest BCUT2D eigenvalue weighted by atomic mass is 16.5. The molecule has 2 aromatic rings. The van der Waals surface area contributed by atoms with E-state index in [-0.39, 0.29) is 11.3 Å². The van der Waals surface area contributed by atoms with Gasteiger partial charge in [0.25, 0.3) is 0 Å². The Morgan fingerprint density at radius 1 is 1.31 bits per heavy atom. The smallest absolute Gasteiger partial charge is 0.344 e. The van der Waals surface area contributed by atoms with E-state index >= 15 is 0 Å². The number of rotatable bonds is 6. The van der Waals surface area contributed by atoms with Gasteiger partial charge in [-0.2, -0.15) is 5.10 Å². The lowest BCUT2D eigenvalue weighted by Crippen LogP contribution is -2.22. The fraction of sp³-hybridized carbons (Fsp3) is 0.350. The summed E-state index contributed by atoms with van der Waals surface area (Å²) in [6, 6.07) is 6.93. The minimum absolute atomic E-state index is 0.136. The highest BCUT2D eigenvalue weighted by molar-refractivity contribution is 6.07. The van der Waals surface area contributed by atoms with Crippen LogP contribution in [0.25, 0.3) is 6.08 Å². The van der Waals surface area contributed by atoms with Crippen LogP contribution in [0.15, 0.2) is 36.5 Å². The Labute approximate surface area is 153 Å². The van der Waals surface area contributed by atoms with Crippen molar-refractivity contribution in [3.05, 3.63) is 53.4 Å². The van der Waals surface area contributed by atoms with Gasteiger partial charge in [0.15, 0.2) is 11.9 Å². The van der Waals surface area contributed by atoms with Gasteiger partial charge in [-0.1, -0.05) is 18.2 Å². The zero-order chi connectivity index (χ0) is 19.5. The van der Waals surface area contributed by atoms with Crippen molar-refractivity contribution in [3.63, 3.8) is 0 Å². The van der Waals surface area contributed by atoms with Crippen molar-refractivity contribution in [1.82, 2.24) is 9.78 Å². The van der Waals surface area contributed by atoms with E-state index in [1.54, 1.807) is 35.2 Å². The number of aryl methyl sites for hydroxylation is 1. The van der Waals surface area contributed by atoms with Crippen molar-refractivity contribution in [2.45, 2.75) is 46.3 Å². The third kappa shape index (κ3) is 4.81. The Morgan fingerprint density at radius 3 is 2.58 bits per heavy atom. The molecule has 0 radical (unpaired) electrons. The molecule has 1 N–H and O–H groups in total. The second kappa shape index (κ2) is 7.56. The summed E-state index contributed by atoms with van der Waals surface area (Å²) in [5, 5.41) is 13.3. The van der Waals surface area contributed by atoms with Gasteiger partial charge in [0.05, 0.1) is 16.8 Å². The maximum absolute atomic E-state index is 12.5. The van der Waals surface area contributed by atoms with Gasteiger partial charge in [-0.3, -0.25) is 9.48 Å². The van der Waals surface area contributed by atoms with Crippen LogP contribution in [0.1, 0.15) is 49.3 Å². The zero-order valence-corrected chi connectivity index (χ0v) is 15.7. The molecule has 0 saturated carbocycles. The summed E-state index contributed by atoms with van der Waals surface area (Å²) in [7, 11) is 0. The number of allylic oxidation sites excluding steroid dienone is 1. The number of ether oxygens (including phenoxy) is 1. The molecular weight excluding hydrogens is 332 g/mol. The third-order valence-corrected chi connectivity index (χ3v) is 3.80. The van der Waals surface area contributed by atoms with Crippen molar-refractivity contribution in [3.8, 4) is 5.75 Å². The number of aromatic nitrogens is 2. The van der Waals surface area contributed by atoms with Gasteiger partial charge in [-0.05, 0) is 58.4 Å². The van der Waals surface area contributed by atoms with E-state index in [2.05, 4.69) is 5.10 Å². The zero-order valence-electron chi connectivity index (χ0n) is 15.7. The number of carboxylic acids is 1. The van der Waals surface area contributed by atoms with Crippen LogP contribution < -0.4 is 4.74 Å². The van der Waals surface area contributed by atoms with Crippen LogP contribution in [0.3, 0.4) is 0 Å². The molecule has 0 aliphatic carbocycles.